The smallest absolute Gasteiger partial charge is 0.315 e. The fourth-order valence-electron chi connectivity index (χ4n) is 2.15. The first-order valence-corrected chi connectivity index (χ1v) is 8.50. The van der Waals surface area contributed by atoms with Gasteiger partial charge in [-0.1, -0.05) is 52.8 Å². The van der Waals surface area contributed by atoms with E-state index in [1.54, 1.807) is 24.3 Å². The quantitative estimate of drug-likeness (QED) is 0.662. The minimum atomic E-state index is -0.584. The van der Waals surface area contributed by atoms with E-state index in [1.165, 1.54) is 0 Å². The van der Waals surface area contributed by atoms with E-state index in [0.717, 1.165) is 6.29 Å². The van der Waals surface area contributed by atoms with Crippen molar-refractivity contribution in [1.29, 1.82) is 0 Å². The Labute approximate surface area is 149 Å². The van der Waals surface area contributed by atoms with Crippen molar-refractivity contribution in [2.75, 3.05) is 6.54 Å². The highest BCUT2D eigenvalue weighted by Crippen LogP contribution is 2.17. The topological polar surface area (TPSA) is 87.3 Å². The van der Waals surface area contributed by atoms with Crippen LogP contribution in [-0.4, -0.2) is 36.9 Å². The second kappa shape index (κ2) is 9.20. The van der Waals surface area contributed by atoms with E-state index in [1.807, 2.05) is 40.7 Å². The van der Waals surface area contributed by atoms with Crippen LogP contribution in [-0.2, 0) is 4.79 Å². The molecule has 1 aromatic rings. The molecule has 3 amide bonds. The molecule has 3 N–H and O–H groups in total. The molecular weight excluding hydrogens is 318 g/mol. The first-order valence-electron chi connectivity index (χ1n) is 8.50. The van der Waals surface area contributed by atoms with Crippen molar-refractivity contribution in [3.8, 4) is 0 Å². The van der Waals surface area contributed by atoms with Crippen molar-refractivity contribution in [3.63, 3.8) is 0 Å². The van der Waals surface area contributed by atoms with Gasteiger partial charge in [-0.3, -0.25) is 4.79 Å². The molecular formula is C19H29N3O3. The fraction of sp³-hybridized carbons (Fsp3) is 0.526. The first-order chi connectivity index (χ1) is 11.6. The summed E-state index contributed by atoms with van der Waals surface area (Å²) in [5.74, 6) is -0.0694. The number of carbonyl (C=O) groups is 3. The summed E-state index contributed by atoms with van der Waals surface area (Å²) >= 11 is 0. The van der Waals surface area contributed by atoms with Crippen LogP contribution in [0.3, 0.4) is 0 Å². The molecule has 0 saturated heterocycles. The minimum Gasteiger partial charge on any atom is -0.350 e. The van der Waals surface area contributed by atoms with Crippen LogP contribution in [0.2, 0.25) is 0 Å². The fourth-order valence-corrected chi connectivity index (χ4v) is 2.15. The molecule has 1 rings (SSSR count). The second-order valence-electron chi connectivity index (χ2n) is 7.52. The van der Waals surface area contributed by atoms with Crippen molar-refractivity contribution in [3.05, 3.63) is 35.9 Å². The van der Waals surface area contributed by atoms with E-state index in [4.69, 9.17) is 0 Å². The van der Waals surface area contributed by atoms with E-state index < -0.39 is 12.1 Å². The normalized spacial score (nSPS) is 13.7. The Morgan fingerprint density at radius 3 is 2.16 bits per heavy atom. The molecule has 0 aliphatic heterocycles. The molecule has 25 heavy (non-hydrogen) atoms. The van der Waals surface area contributed by atoms with Gasteiger partial charge in [0, 0.05) is 12.1 Å². The SMILES string of the molecule is CC(C)C(CNC(=O)c1ccccc1)NC(=O)NC(C=O)C(C)(C)C. The predicted molar refractivity (Wildman–Crippen MR) is 98.4 cm³/mol. The van der Waals surface area contributed by atoms with E-state index >= 15 is 0 Å². The highest BCUT2D eigenvalue weighted by atomic mass is 16.2. The highest BCUT2D eigenvalue weighted by molar-refractivity contribution is 5.94. The van der Waals surface area contributed by atoms with Gasteiger partial charge in [0.2, 0.25) is 0 Å². The van der Waals surface area contributed by atoms with Gasteiger partial charge in [0.25, 0.3) is 5.91 Å². The highest BCUT2D eigenvalue weighted by Gasteiger charge is 2.27. The van der Waals surface area contributed by atoms with Crippen LogP contribution in [0.15, 0.2) is 30.3 Å². The van der Waals surface area contributed by atoms with Gasteiger partial charge in [0.05, 0.1) is 12.1 Å². The summed E-state index contributed by atoms with van der Waals surface area (Å²) in [6.45, 7) is 9.87. The third-order valence-corrected chi connectivity index (χ3v) is 4.00. The minimum absolute atomic E-state index is 0.117. The number of urea groups is 1. The lowest BCUT2D eigenvalue weighted by molar-refractivity contribution is -0.111. The van der Waals surface area contributed by atoms with Gasteiger partial charge >= 0.3 is 6.03 Å². The third-order valence-electron chi connectivity index (χ3n) is 4.00. The van der Waals surface area contributed by atoms with Gasteiger partial charge in [-0.05, 0) is 23.5 Å². The summed E-state index contributed by atoms with van der Waals surface area (Å²) < 4.78 is 0. The van der Waals surface area contributed by atoms with Gasteiger partial charge in [0.1, 0.15) is 6.29 Å². The molecule has 138 valence electrons. The molecule has 0 radical (unpaired) electrons. The Bertz CT molecular complexity index is 579. The summed E-state index contributed by atoms with van der Waals surface area (Å²) in [6, 6.07) is 7.66. The average molecular weight is 347 g/mol. The maximum absolute atomic E-state index is 12.2. The molecule has 1 aromatic carbocycles. The lowest BCUT2D eigenvalue weighted by Gasteiger charge is -2.29. The van der Waals surface area contributed by atoms with Gasteiger partial charge in [-0.15, -0.1) is 0 Å². The van der Waals surface area contributed by atoms with Crippen molar-refractivity contribution < 1.29 is 14.4 Å². The number of amides is 3. The van der Waals surface area contributed by atoms with Gasteiger partial charge < -0.3 is 20.7 Å². The summed E-state index contributed by atoms with van der Waals surface area (Å²) in [6.07, 6.45) is 0.737. The molecule has 0 aromatic heterocycles. The van der Waals surface area contributed by atoms with E-state index in [-0.39, 0.29) is 23.3 Å². The molecule has 0 aliphatic rings. The second-order valence-corrected chi connectivity index (χ2v) is 7.52. The molecule has 0 spiro atoms. The maximum atomic E-state index is 12.2. The van der Waals surface area contributed by atoms with Crippen LogP contribution in [0.25, 0.3) is 0 Å². The molecule has 0 fully saturated rings. The largest absolute Gasteiger partial charge is 0.350 e. The van der Waals surface area contributed by atoms with Gasteiger partial charge in [0.15, 0.2) is 0 Å². The lowest BCUT2D eigenvalue weighted by atomic mass is 9.88. The van der Waals surface area contributed by atoms with Crippen LogP contribution in [0.5, 0.6) is 0 Å². The standard InChI is InChI=1S/C19H29N3O3/c1-13(2)15(11-20-17(24)14-9-7-6-8-10-14)21-18(25)22-16(12-23)19(3,4)5/h6-10,12-13,15-16H,11H2,1-5H3,(H,20,24)(H2,21,22,25). The van der Waals surface area contributed by atoms with E-state index in [2.05, 4.69) is 16.0 Å². The summed E-state index contributed by atoms with van der Waals surface area (Å²) in [7, 11) is 0. The average Bonchev–Trinajstić information content (AvgIpc) is 2.55. The number of benzene rings is 1. The maximum Gasteiger partial charge on any atom is 0.315 e. The molecule has 0 bridgehead atoms. The monoisotopic (exact) mass is 347 g/mol. The van der Waals surface area contributed by atoms with Crippen molar-refractivity contribution in [2.45, 2.75) is 46.7 Å². The molecule has 0 saturated carbocycles. The Morgan fingerprint density at radius 1 is 1.08 bits per heavy atom. The molecule has 6 heteroatoms. The van der Waals surface area contributed by atoms with Crippen LogP contribution in [0.1, 0.15) is 45.0 Å². The zero-order valence-corrected chi connectivity index (χ0v) is 15.6. The number of aldehydes is 1. The Balaban J connectivity index is 2.61. The number of carbonyl (C=O) groups excluding carboxylic acids is 3. The Morgan fingerprint density at radius 2 is 1.68 bits per heavy atom. The lowest BCUT2D eigenvalue weighted by Crippen LogP contribution is -2.54. The van der Waals surface area contributed by atoms with Crippen molar-refractivity contribution in [1.82, 2.24) is 16.0 Å². The Hall–Kier alpha value is -2.37. The molecule has 6 nitrogen and oxygen atoms in total. The number of hydrogen-bond donors (Lipinski definition) is 3. The first kappa shape index (κ1) is 20.7. The van der Waals surface area contributed by atoms with E-state index in [9.17, 15) is 14.4 Å². The van der Waals surface area contributed by atoms with E-state index in [0.29, 0.717) is 12.1 Å². The molecule has 0 aliphatic carbocycles. The number of nitrogens with one attached hydrogen (secondary N) is 3. The predicted octanol–water partition coefficient (Wildman–Crippen LogP) is 2.35. The summed E-state index contributed by atoms with van der Waals surface area (Å²) in [5.41, 5.74) is 0.205. The van der Waals surface area contributed by atoms with Crippen molar-refractivity contribution >= 4 is 18.2 Å². The summed E-state index contributed by atoms with van der Waals surface area (Å²) in [4.78, 5) is 35.5. The van der Waals surface area contributed by atoms with Crippen LogP contribution in [0, 0.1) is 11.3 Å². The molecule has 0 heterocycles. The Kier molecular flexibility index (Phi) is 7.61. The summed E-state index contributed by atoms with van der Waals surface area (Å²) in [5, 5.41) is 8.35. The zero-order chi connectivity index (χ0) is 19.0. The third kappa shape index (κ3) is 6.95. The zero-order valence-electron chi connectivity index (χ0n) is 15.6. The number of rotatable bonds is 7. The van der Waals surface area contributed by atoms with Crippen LogP contribution in [0.4, 0.5) is 4.79 Å². The van der Waals surface area contributed by atoms with Gasteiger partial charge in [-0.2, -0.15) is 0 Å². The molecule has 2 atom stereocenters. The van der Waals surface area contributed by atoms with Gasteiger partial charge in [-0.25, -0.2) is 4.79 Å². The van der Waals surface area contributed by atoms with Crippen LogP contribution < -0.4 is 16.0 Å². The number of hydrogen-bond acceptors (Lipinski definition) is 3. The van der Waals surface area contributed by atoms with Crippen molar-refractivity contribution in [2.24, 2.45) is 11.3 Å². The molecule has 2 unspecified atom stereocenters. The van der Waals surface area contributed by atoms with Crippen LogP contribution >= 0.6 is 0 Å².